The maximum atomic E-state index is 11.9. The van der Waals surface area contributed by atoms with Crippen LogP contribution in [-0.2, 0) is 11.3 Å². The molecule has 0 saturated carbocycles. The van der Waals surface area contributed by atoms with Gasteiger partial charge < -0.3 is 10.1 Å². The van der Waals surface area contributed by atoms with Gasteiger partial charge in [0.15, 0.2) is 12.4 Å². The van der Waals surface area contributed by atoms with Gasteiger partial charge in [-0.15, -0.1) is 0 Å². The lowest BCUT2D eigenvalue weighted by molar-refractivity contribution is -0.118. The maximum Gasteiger partial charge on any atom is 0.293 e. The summed E-state index contributed by atoms with van der Waals surface area (Å²) in [5.41, 5.74) is 0.215. The van der Waals surface area contributed by atoms with Crippen LogP contribution in [0.4, 0.5) is 5.69 Å². The largest absolute Gasteiger partial charge is 0.478 e. The van der Waals surface area contributed by atoms with E-state index in [9.17, 15) is 9.59 Å². The number of hydrogen-bond acceptors (Lipinski definition) is 4. The van der Waals surface area contributed by atoms with E-state index in [2.05, 4.69) is 5.32 Å². The minimum absolute atomic E-state index is 0.0379. The van der Waals surface area contributed by atoms with Gasteiger partial charge >= 0.3 is 0 Å². The van der Waals surface area contributed by atoms with Crippen LogP contribution in [-0.4, -0.2) is 17.1 Å². The molecule has 2 aromatic rings. The fourth-order valence-corrected chi connectivity index (χ4v) is 1.69. The number of nitrogens with zero attached hydrogens (tertiary/aromatic N) is 2. The molecule has 0 bridgehead atoms. The maximum absolute atomic E-state index is 11.9. The summed E-state index contributed by atoms with van der Waals surface area (Å²) in [6.07, 6.45) is 1.49. The van der Waals surface area contributed by atoms with Gasteiger partial charge in [0, 0.05) is 11.9 Å². The number of carbonyl (C=O) groups is 1. The number of carbonyl (C=O) groups excluding carboxylic acids is 1. The number of pyridine rings is 1. The second-order valence-electron chi connectivity index (χ2n) is 4.17. The Kier molecular flexibility index (Phi) is 4.72. The summed E-state index contributed by atoms with van der Waals surface area (Å²) in [4.78, 5) is 23.6. The van der Waals surface area contributed by atoms with E-state index in [0.29, 0.717) is 5.69 Å². The van der Waals surface area contributed by atoms with Crippen LogP contribution in [0.25, 0.3) is 0 Å². The number of hydrogen-bond donors (Lipinski definition) is 1. The second-order valence-corrected chi connectivity index (χ2v) is 4.17. The van der Waals surface area contributed by atoms with Crippen molar-refractivity contribution in [3.63, 3.8) is 0 Å². The SMILES string of the molecule is N#CCn1cccc(OCC(=O)Nc2ccccc2)c1=O. The lowest BCUT2D eigenvalue weighted by Gasteiger charge is -2.08. The summed E-state index contributed by atoms with van der Waals surface area (Å²) in [5, 5.41) is 11.2. The van der Waals surface area contributed by atoms with Crippen LogP contribution in [0, 0.1) is 11.3 Å². The fourth-order valence-electron chi connectivity index (χ4n) is 1.69. The van der Waals surface area contributed by atoms with Crippen molar-refractivity contribution >= 4 is 11.6 Å². The highest BCUT2D eigenvalue weighted by atomic mass is 16.5. The minimum Gasteiger partial charge on any atom is -0.478 e. The van der Waals surface area contributed by atoms with E-state index < -0.39 is 5.56 Å². The first-order valence-corrected chi connectivity index (χ1v) is 6.25. The zero-order valence-corrected chi connectivity index (χ0v) is 11.2. The molecule has 1 heterocycles. The summed E-state index contributed by atoms with van der Waals surface area (Å²) in [6.45, 7) is -0.340. The lowest BCUT2D eigenvalue weighted by atomic mass is 10.3. The highest BCUT2D eigenvalue weighted by molar-refractivity contribution is 5.91. The van der Waals surface area contributed by atoms with Crippen molar-refractivity contribution in [3.05, 3.63) is 59.0 Å². The summed E-state index contributed by atoms with van der Waals surface area (Å²) >= 11 is 0. The normalized spacial score (nSPS) is 9.67. The number of nitrogens with one attached hydrogen (secondary N) is 1. The second kappa shape index (κ2) is 6.91. The van der Waals surface area contributed by atoms with Gasteiger partial charge in [0.05, 0.1) is 6.07 Å². The standard InChI is InChI=1S/C15H13N3O3/c16-8-10-18-9-4-7-13(15(18)20)21-11-14(19)17-12-5-2-1-3-6-12/h1-7,9H,10-11H2,(H,17,19). The molecule has 0 aliphatic rings. The van der Waals surface area contributed by atoms with Gasteiger partial charge in [-0.1, -0.05) is 18.2 Å². The van der Waals surface area contributed by atoms with Crippen LogP contribution in [0.15, 0.2) is 53.5 Å². The molecule has 1 aromatic carbocycles. The van der Waals surface area contributed by atoms with Crippen molar-refractivity contribution in [1.29, 1.82) is 5.26 Å². The highest BCUT2D eigenvalue weighted by Gasteiger charge is 2.07. The van der Waals surface area contributed by atoms with Crippen molar-refractivity contribution in [3.8, 4) is 11.8 Å². The number of para-hydroxylation sites is 1. The molecule has 1 amide bonds. The molecule has 0 aliphatic heterocycles. The van der Waals surface area contributed by atoms with E-state index in [1.807, 2.05) is 12.1 Å². The van der Waals surface area contributed by atoms with Crippen LogP contribution in [0.5, 0.6) is 5.75 Å². The molecule has 0 aliphatic carbocycles. The van der Waals surface area contributed by atoms with Gasteiger partial charge in [-0.05, 0) is 24.3 Å². The predicted molar refractivity (Wildman–Crippen MR) is 76.9 cm³/mol. The lowest BCUT2D eigenvalue weighted by Crippen LogP contribution is -2.25. The van der Waals surface area contributed by atoms with Gasteiger partial charge in [0.25, 0.3) is 11.5 Å². The van der Waals surface area contributed by atoms with Gasteiger partial charge in [-0.25, -0.2) is 0 Å². The molecule has 0 atom stereocenters. The van der Waals surface area contributed by atoms with Crippen LogP contribution in [0.2, 0.25) is 0 Å². The first-order chi connectivity index (χ1) is 10.2. The zero-order valence-electron chi connectivity index (χ0n) is 11.2. The van der Waals surface area contributed by atoms with Gasteiger partial charge in [0.1, 0.15) is 6.54 Å². The molecule has 6 heteroatoms. The van der Waals surface area contributed by atoms with E-state index in [-0.39, 0.29) is 24.8 Å². The first kappa shape index (κ1) is 14.3. The van der Waals surface area contributed by atoms with Crippen molar-refractivity contribution in [2.75, 3.05) is 11.9 Å². The molecule has 0 spiro atoms. The Bertz CT molecular complexity index is 717. The number of rotatable bonds is 5. The zero-order chi connectivity index (χ0) is 15.1. The summed E-state index contributed by atoms with van der Waals surface area (Å²) in [6, 6.07) is 13.9. The Morgan fingerprint density at radius 1 is 1.24 bits per heavy atom. The topological polar surface area (TPSA) is 84.1 Å². The number of aromatic nitrogens is 1. The summed E-state index contributed by atoms with van der Waals surface area (Å²) in [7, 11) is 0. The monoisotopic (exact) mass is 283 g/mol. The molecule has 0 fully saturated rings. The van der Waals surface area contributed by atoms with Gasteiger partial charge in [-0.2, -0.15) is 5.26 Å². The van der Waals surface area contributed by atoms with Crippen LogP contribution >= 0.6 is 0 Å². The third kappa shape index (κ3) is 3.94. The third-order valence-electron chi connectivity index (χ3n) is 2.64. The molecule has 6 nitrogen and oxygen atoms in total. The van der Waals surface area contributed by atoms with Crippen molar-refractivity contribution in [2.24, 2.45) is 0 Å². The number of ether oxygens (including phenoxy) is 1. The van der Waals surface area contributed by atoms with Crippen LogP contribution in [0.1, 0.15) is 0 Å². The molecular weight excluding hydrogens is 270 g/mol. The van der Waals surface area contributed by atoms with E-state index in [1.165, 1.54) is 16.8 Å². The Balaban J connectivity index is 1.97. The quantitative estimate of drug-likeness (QED) is 0.898. The van der Waals surface area contributed by atoms with Crippen LogP contribution < -0.4 is 15.6 Å². The molecule has 2 rings (SSSR count). The number of amides is 1. The fraction of sp³-hybridized carbons (Fsp3) is 0.133. The van der Waals surface area contributed by atoms with E-state index in [1.54, 1.807) is 30.3 Å². The smallest absolute Gasteiger partial charge is 0.293 e. The van der Waals surface area contributed by atoms with E-state index in [0.717, 1.165) is 0 Å². The molecule has 1 aromatic heterocycles. The van der Waals surface area contributed by atoms with E-state index >= 15 is 0 Å². The van der Waals surface area contributed by atoms with Crippen molar-refractivity contribution < 1.29 is 9.53 Å². The Morgan fingerprint density at radius 2 is 2.00 bits per heavy atom. The molecular formula is C15H13N3O3. The first-order valence-electron chi connectivity index (χ1n) is 6.25. The average molecular weight is 283 g/mol. The molecule has 0 radical (unpaired) electrons. The number of benzene rings is 1. The van der Waals surface area contributed by atoms with Crippen LogP contribution in [0.3, 0.4) is 0 Å². The third-order valence-corrected chi connectivity index (χ3v) is 2.64. The van der Waals surface area contributed by atoms with Gasteiger partial charge in [0.2, 0.25) is 0 Å². The Morgan fingerprint density at radius 3 is 2.71 bits per heavy atom. The molecule has 21 heavy (non-hydrogen) atoms. The molecule has 106 valence electrons. The molecule has 0 saturated heterocycles. The van der Waals surface area contributed by atoms with Crippen molar-refractivity contribution in [2.45, 2.75) is 6.54 Å². The van der Waals surface area contributed by atoms with E-state index in [4.69, 9.17) is 10.00 Å². The Hall–Kier alpha value is -3.07. The average Bonchev–Trinajstić information content (AvgIpc) is 2.49. The van der Waals surface area contributed by atoms with Gasteiger partial charge in [-0.3, -0.25) is 14.2 Å². The number of nitriles is 1. The Labute approximate surface area is 121 Å². The molecule has 1 N–H and O–H groups in total. The highest BCUT2D eigenvalue weighted by Crippen LogP contribution is 2.06. The predicted octanol–water partition coefficient (Wildman–Crippen LogP) is 1.39. The summed E-state index contributed by atoms with van der Waals surface area (Å²) < 4.78 is 6.42. The summed E-state index contributed by atoms with van der Waals surface area (Å²) in [5.74, 6) is -0.327. The number of anilines is 1. The molecule has 0 unspecified atom stereocenters. The van der Waals surface area contributed by atoms with Crippen molar-refractivity contribution in [1.82, 2.24) is 4.57 Å². The minimum atomic E-state index is -0.438.